The number of hydrogen-bond acceptors (Lipinski definition) is 6. The van der Waals surface area contributed by atoms with E-state index in [0.29, 0.717) is 32.9 Å². The Labute approximate surface area is 244 Å². The molecule has 41 heavy (non-hydrogen) atoms. The molecular formula is C34H45NO6. The number of carbonyl (C=O) groups excluding carboxylic acids is 1. The summed E-state index contributed by atoms with van der Waals surface area (Å²) < 4.78 is 31.8. The summed E-state index contributed by atoms with van der Waals surface area (Å²) in [5, 5.41) is 0. The molecule has 2 saturated heterocycles. The van der Waals surface area contributed by atoms with Crippen LogP contribution in [0.4, 0.5) is 4.79 Å². The number of hydrogen-bond donors (Lipinski definition) is 0. The van der Waals surface area contributed by atoms with Gasteiger partial charge in [-0.2, -0.15) is 0 Å². The largest absolute Gasteiger partial charge is 0.489 e. The molecule has 2 fully saturated rings. The molecule has 2 aromatic carbocycles. The van der Waals surface area contributed by atoms with Crippen molar-refractivity contribution in [2.45, 2.75) is 90.3 Å². The van der Waals surface area contributed by atoms with Crippen molar-refractivity contribution in [3.8, 4) is 11.5 Å². The first-order valence-electron chi connectivity index (χ1n) is 14.8. The Kier molecular flexibility index (Phi) is 8.40. The minimum absolute atomic E-state index is 0.0454. The molecule has 3 aliphatic rings. The van der Waals surface area contributed by atoms with Gasteiger partial charge in [-0.05, 0) is 78.5 Å². The van der Waals surface area contributed by atoms with Gasteiger partial charge in [0.05, 0.1) is 25.9 Å². The minimum atomic E-state index is -0.603. The molecule has 0 saturated carbocycles. The van der Waals surface area contributed by atoms with Crippen LogP contribution in [0.15, 0.2) is 60.2 Å². The SMILES string of the molecule is CC(C)=CCC[C@@]1(C)Oc2cc(OCc3ccccc3)ccc2[C@H]2OC[C@]3(C[C@@H]21)CN(C(=O)OC(C)(C)C)CCO3. The average Bonchev–Trinajstić information content (AvgIpc) is 2.91. The van der Waals surface area contributed by atoms with Gasteiger partial charge in [0.2, 0.25) is 0 Å². The van der Waals surface area contributed by atoms with Gasteiger partial charge in [-0.15, -0.1) is 0 Å². The normalized spacial score (nSPS) is 27.3. The third kappa shape index (κ3) is 6.90. The predicted octanol–water partition coefficient (Wildman–Crippen LogP) is 7.25. The quantitative estimate of drug-likeness (QED) is 0.345. The second-order valence-electron chi connectivity index (χ2n) is 13.2. The summed E-state index contributed by atoms with van der Waals surface area (Å²) in [4.78, 5) is 14.7. The maximum atomic E-state index is 13.0. The number of nitrogens with zero attached hydrogens (tertiary/aromatic N) is 1. The van der Waals surface area contributed by atoms with Crippen LogP contribution in [-0.4, -0.2) is 54.1 Å². The van der Waals surface area contributed by atoms with E-state index < -0.39 is 16.8 Å². The fraction of sp³-hybridized carbons (Fsp3) is 0.559. The topological polar surface area (TPSA) is 66.5 Å². The summed E-state index contributed by atoms with van der Waals surface area (Å²) in [6, 6.07) is 16.2. The molecule has 5 rings (SSSR count). The first-order chi connectivity index (χ1) is 19.5. The fourth-order valence-electron chi connectivity index (χ4n) is 6.18. The van der Waals surface area contributed by atoms with Crippen LogP contribution < -0.4 is 9.47 Å². The van der Waals surface area contributed by atoms with E-state index in [9.17, 15) is 4.79 Å². The molecule has 3 aliphatic heterocycles. The lowest BCUT2D eigenvalue weighted by Crippen LogP contribution is -2.63. The van der Waals surface area contributed by atoms with E-state index in [1.807, 2.05) is 51.1 Å². The smallest absolute Gasteiger partial charge is 0.410 e. The van der Waals surface area contributed by atoms with E-state index in [1.165, 1.54) is 5.57 Å². The Balaban J connectivity index is 1.39. The van der Waals surface area contributed by atoms with Crippen molar-refractivity contribution in [3.63, 3.8) is 0 Å². The Morgan fingerprint density at radius 3 is 2.66 bits per heavy atom. The Bertz CT molecular complexity index is 1250. The van der Waals surface area contributed by atoms with E-state index in [4.69, 9.17) is 23.7 Å². The lowest BCUT2D eigenvalue weighted by Gasteiger charge is -2.55. The molecule has 4 atom stereocenters. The standard InChI is InChI=1S/C34H45NO6/c1-24(2)11-10-16-33(6)28-20-34(22-35(17-18-39-34)31(36)41-32(3,4)5)23-38-30(28)27-15-14-26(19-29(27)40-33)37-21-25-12-8-7-9-13-25/h7-9,11-15,19,28,30H,10,16-18,20-23H2,1-6H3/t28-,30+,33+,34-/m0/s1. The molecule has 1 spiro atoms. The number of carbonyl (C=O) groups is 1. The number of morpholine rings is 1. The maximum Gasteiger partial charge on any atom is 0.410 e. The maximum absolute atomic E-state index is 13.0. The fourth-order valence-corrected chi connectivity index (χ4v) is 6.18. The van der Waals surface area contributed by atoms with Crippen LogP contribution in [0.25, 0.3) is 0 Å². The predicted molar refractivity (Wildman–Crippen MR) is 158 cm³/mol. The van der Waals surface area contributed by atoms with Crippen LogP contribution in [-0.2, 0) is 20.8 Å². The zero-order chi connectivity index (χ0) is 29.3. The molecule has 7 nitrogen and oxygen atoms in total. The highest BCUT2D eigenvalue weighted by Crippen LogP contribution is 2.54. The van der Waals surface area contributed by atoms with E-state index in [0.717, 1.165) is 41.9 Å². The first-order valence-corrected chi connectivity index (χ1v) is 14.8. The van der Waals surface area contributed by atoms with Crippen LogP contribution >= 0.6 is 0 Å². The zero-order valence-corrected chi connectivity index (χ0v) is 25.4. The highest BCUT2D eigenvalue weighted by atomic mass is 16.6. The number of amides is 1. The van der Waals surface area contributed by atoms with E-state index in [1.54, 1.807) is 4.90 Å². The molecule has 222 valence electrons. The molecule has 0 unspecified atom stereocenters. The molecule has 2 aromatic rings. The van der Waals surface area contributed by atoms with Crippen molar-refractivity contribution in [3.05, 3.63) is 71.3 Å². The van der Waals surface area contributed by atoms with Crippen molar-refractivity contribution in [2.24, 2.45) is 5.92 Å². The van der Waals surface area contributed by atoms with Gasteiger partial charge >= 0.3 is 6.09 Å². The summed E-state index contributed by atoms with van der Waals surface area (Å²) in [6.45, 7) is 14.4. The van der Waals surface area contributed by atoms with Crippen LogP contribution in [0.1, 0.15) is 78.0 Å². The van der Waals surface area contributed by atoms with Gasteiger partial charge in [-0.25, -0.2) is 4.79 Å². The van der Waals surface area contributed by atoms with Gasteiger partial charge in [-0.3, -0.25) is 0 Å². The minimum Gasteiger partial charge on any atom is -0.489 e. The summed E-state index contributed by atoms with van der Waals surface area (Å²) in [5.74, 6) is 1.63. The summed E-state index contributed by atoms with van der Waals surface area (Å²) in [7, 11) is 0. The average molecular weight is 564 g/mol. The van der Waals surface area contributed by atoms with Crippen LogP contribution in [0, 0.1) is 5.92 Å². The van der Waals surface area contributed by atoms with Crippen molar-refractivity contribution in [2.75, 3.05) is 26.3 Å². The highest BCUT2D eigenvalue weighted by molar-refractivity contribution is 5.68. The number of allylic oxidation sites excluding steroid dienone is 2. The Hall–Kier alpha value is -3.03. The number of rotatable bonds is 6. The summed E-state index contributed by atoms with van der Waals surface area (Å²) in [5.41, 5.74) is 1.80. The molecule has 0 aliphatic carbocycles. The van der Waals surface area contributed by atoms with Crippen LogP contribution in [0.3, 0.4) is 0 Å². The van der Waals surface area contributed by atoms with Crippen molar-refractivity contribution < 1.29 is 28.5 Å². The van der Waals surface area contributed by atoms with Crippen LogP contribution in [0.2, 0.25) is 0 Å². The Morgan fingerprint density at radius 2 is 1.93 bits per heavy atom. The Morgan fingerprint density at radius 1 is 1.15 bits per heavy atom. The van der Waals surface area contributed by atoms with Gasteiger partial charge in [0.15, 0.2) is 0 Å². The van der Waals surface area contributed by atoms with Crippen LogP contribution in [0.5, 0.6) is 11.5 Å². The van der Waals surface area contributed by atoms with Gasteiger partial charge in [-0.1, -0.05) is 42.0 Å². The molecule has 0 radical (unpaired) electrons. The van der Waals surface area contributed by atoms with E-state index in [2.05, 4.69) is 45.0 Å². The van der Waals surface area contributed by atoms with Gasteiger partial charge in [0.25, 0.3) is 0 Å². The van der Waals surface area contributed by atoms with E-state index >= 15 is 0 Å². The van der Waals surface area contributed by atoms with Gasteiger partial charge in [0.1, 0.15) is 34.9 Å². The number of benzene rings is 2. The second-order valence-corrected chi connectivity index (χ2v) is 13.2. The lowest BCUT2D eigenvalue weighted by atomic mass is 9.69. The monoisotopic (exact) mass is 563 g/mol. The summed E-state index contributed by atoms with van der Waals surface area (Å²) >= 11 is 0. The zero-order valence-electron chi connectivity index (χ0n) is 25.4. The number of fused-ring (bicyclic) bond motifs is 3. The molecule has 1 amide bonds. The number of ether oxygens (including phenoxy) is 5. The highest BCUT2D eigenvalue weighted by Gasteiger charge is 2.55. The van der Waals surface area contributed by atoms with E-state index in [-0.39, 0.29) is 18.1 Å². The summed E-state index contributed by atoms with van der Waals surface area (Å²) in [6.07, 6.45) is 4.29. The first kappa shape index (κ1) is 29.5. The van der Waals surface area contributed by atoms with Crippen molar-refractivity contribution in [1.82, 2.24) is 4.90 Å². The molecule has 0 N–H and O–H groups in total. The molecule has 7 heteroatoms. The molecular weight excluding hydrogens is 518 g/mol. The van der Waals surface area contributed by atoms with Crippen molar-refractivity contribution >= 4 is 6.09 Å². The van der Waals surface area contributed by atoms with Gasteiger partial charge < -0.3 is 28.6 Å². The molecule has 0 aromatic heterocycles. The molecule has 0 bridgehead atoms. The van der Waals surface area contributed by atoms with Gasteiger partial charge in [0, 0.05) is 24.1 Å². The third-order valence-electron chi connectivity index (χ3n) is 8.24. The molecule has 3 heterocycles. The van der Waals surface area contributed by atoms with Crippen molar-refractivity contribution in [1.29, 1.82) is 0 Å². The second kappa shape index (κ2) is 11.7. The third-order valence-corrected chi connectivity index (χ3v) is 8.24. The lowest BCUT2D eigenvalue weighted by molar-refractivity contribution is -0.231.